The first-order chi connectivity index (χ1) is 8.97. The number of methoxy groups -OCH3 is 1. The molecule has 0 fully saturated rings. The third kappa shape index (κ3) is 3.91. The first kappa shape index (κ1) is 14.9. The van der Waals surface area contributed by atoms with Crippen molar-refractivity contribution in [3.05, 3.63) is 35.9 Å². The lowest BCUT2D eigenvalue weighted by molar-refractivity contribution is -0.145. The quantitative estimate of drug-likeness (QED) is 0.492. The molecule has 0 aliphatic carbocycles. The van der Waals surface area contributed by atoms with Crippen molar-refractivity contribution in [2.24, 2.45) is 5.92 Å². The van der Waals surface area contributed by atoms with Crippen LogP contribution in [0.15, 0.2) is 30.3 Å². The average Bonchev–Trinajstić information content (AvgIpc) is 2.43. The molecule has 0 heterocycles. The number of rotatable bonds is 5. The minimum atomic E-state index is -0.829. The van der Waals surface area contributed by atoms with Crippen LogP contribution < -0.4 is 5.32 Å². The van der Waals surface area contributed by atoms with Gasteiger partial charge in [-0.25, -0.2) is 4.79 Å². The van der Waals surface area contributed by atoms with E-state index in [1.807, 2.05) is 0 Å². The molecule has 0 saturated heterocycles. The molecule has 0 saturated carbocycles. The second-order valence-corrected chi connectivity index (χ2v) is 4.41. The second kappa shape index (κ2) is 6.68. The Morgan fingerprint density at radius 1 is 1.11 bits per heavy atom. The maximum atomic E-state index is 11.8. The fourth-order valence-electron chi connectivity index (χ4n) is 1.55. The van der Waals surface area contributed by atoms with Crippen molar-refractivity contribution in [2.45, 2.75) is 19.9 Å². The predicted molar refractivity (Wildman–Crippen MR) is 69.6 cm³/mol. The Morgan fingerprint density at radius 2 is 1.68 bits per heavy atom. The maximum absolute atomic E-state index is 11.8. The summed E-state index contributed by atoms with van der Waals surface area (Å²) in [5.41, 5.74) is 0.285. The van der Waals surface area contributed by atoms with E-state index in [1.54, 1.807) is 44.2 Å². The molecule has 19 heavy (non-hydrogen) atoms. The Morgan fingerprint density at radius 3 is 2.16 bits per heavy atom. The highest BCUT2D eigenvalue weighted by Gasteiger charge is 2.27. The van der Waals surface area contributed by atoms with Gasteiger partial charge in [-0.3, -0.25) is 9.59 Å². The van der Waals surface area contributed by atoms with Gasteiger partial charge in [-0.05, 0) is 5.92 Å². The highest BCUT2D eigenvalue weighted by atomic mass is 16.5. The Kier molecular flexibility index (Phi) is 5.23. The van der Waals surface area contributed by atoms with Crippen LogP contribution in [0.3, 0.4) is 0 Å². The molecule has 1 aromatic rings. The highest BCUT2D eigenvalue weighted by Crippen LogP contribution is 2.05. The Bertz CT molecular complexity index is 468. The van der Waals surface area contributed by atoms with E-state index in [2.05, 4.69) is 10.1 Å². The number of ether oxygens (including phenoxy) is 1. The second-order valence-electron chi connectivity index (χ2n) is 4.41. The summed E-state index contributed by atoms with van der Waals surface area (Å²) >= 11 is 0. The molecular weight excluding hydrogens is 246 g/mol. The van der Waals surface area contributed by atoms with Crippen molar-refractivity contribution < 1.29 is 19.1 Å². The van der Waals surface area contributed by atoms with Crippen LogP contribution in [0.25, 0.3) is 0 Å². The highest BCUT2D eigenvalue weighted by molar-refractivity contribution is 6.43. The van der Waals surface area contributed by atoms with Crippen molar-refractivity contribution >= 4 is 17.7 Å². The number of carbonyl (C=O) groups is 3. The van der Waals surface area contributed by atoms with Crippen LogP contribution >= 0.6 is 0 Å². The minimum absolute atomic E-state index is 0.167. The number of nitrogens with one attached hydrogen (secondary N) is 1. The number of Topliss-reactive ketones (excluding diaryl/α,β-unsaturated/α-hetero) is 1. The summed E-state index contributed by atoms with van der Waals surface area (Å²) in [4.78, 5) is 35.2. The van der Waals surface area contributed by atoms with Gasteiger partial charge < -0.3 is 10.1 Å². The summed E-state index contributed by atoms with van der Waals surface area (Å²) in [6.07, 6.45) is 0. The smallest absolute Gasteiger partial charge is 0.328 e. The normalized spacial score (nSPS) is 11.8. The van der Waals surface area contributed by atoms with Crippen LogP contribution in [0.2, 0.25) is 0 Å². The van der Waals surface area contributed by atoms with Gasteiger partial charge in [-0.15, -0.1) is 0 Å². The lowest BCUT2D eigenvalue weighted by atomic mass is 10.0. The molecule has 5 heteroatoms. The molecule has 0 aliphatic heterocycles. The summed E-state index contributed by atoms with van der Waals surface area (Å²) in [5, 5.41) is 2.40. The van der Waals surface area contributed by atoms with Gasteiger partial charge in [-0.1, -0.05) is 44.2 Å². The molecule has 0 radical (unpaired) electrons. The molecular formula is C14H17NO4. The molecule has 1 aromatic carbocycles. The molecule has 1 amide bonds. The van der Waals surface area contributed by atoms with Crippen molar-refractivity contribution in [3.63, 3.8) is 0 Å². The van der Waals surface area contributed by atoms with Gasteiger partial charge in [0.15, 0.2) is 0 Å². The number of benzene rings is 1. The van der Waals surface area contributed by atoms with Crippen molar-refractivity contribution in [1.82, 2.24) is 5.32 Å². The average molecular weight is 263 g/mol. The number of esters is 1. The molecule has 1 atom stereocenters. The Labute approximate surface area is 111 Å². The van der Waals surface area contributed by atoms with Crippen LogP contribution in [-0.4, -0.2) is 30.8 Å². The van der Waals surface area contributed by atoms with E-state index < -0.39 is 23.7 Å². The zero-order chi connectivity index (χ0) is 14.4. The first-order valence-corrected chi connectivity index (χ1v) is 5.95. The van der Waals surface area contributed by atoms with Gasteiger partial charge >= 0.3 is 5.97 Å². The molecule has 0 unspecified atom stereocenters. The monoisotopic (exact) mass is 263 g/mol. The lowest BCUT2D eigenvalue weighted by Crippen LogP contribution is -2.47. The van der Waals surface area contributed by atoms with Crippen LogP contribution in [0.4, 0.5) is 0 Å². The van der Waals surface area contributed by atoms with Crippen LogP contribution in [-0.2, 0) is 14.3 Å². The number of hydrogen-bond acceptors (Lipinski definition) is 4. The topological polar surface area (TPSA) is 72.5 Å². The molecule has 1 N–H and O–H groups in total. The SMILES string of the molecule is COC(=O)[C@@H](NC(=O)C(=O)c1ccccc1)C(C)C. The third-order valence-electron chi connectivity index (χ3n) is 2.65. The van der Waals surface area contributed by atoms with E-state index in [-0.39, 0.29) is 11.5 Å². The van der Waals surface area contributed by atoms with Crippen LogP contribution in [0.1, 0.15) is 24.2 Å². The Balaban J connectivity index is 2.78. The van der Waals surface area contributed by atoms with Crippen molar-refractivity contribution in [2.75, 3.05) is 7.11 Å². The summed E-state index contributed by atoms with van der Waals surface area (Å²) in [6.45, 7) is 3.52. The van der Waals surface area contributed by atoms with Crippen molar-refractivity contribution in [3.8, 4) is 0 Å². The fourth-order valence-corrected chi connectivity index (χ4v) is 1.55. The summed E-state index contributed by atoms with van der Waals surface area (Å²) in [5.74, 6) is -2.21. The first-order valence-electron chi connectivity index (χ1n) is 5.95. The van der Waals surface area contributed by atoms with Gasteiger partial charge in [0.25, 0.3) is 5.91 Å². The van der Waals surface area contributed by atoms with Gasteiger partial charge in [0.05, 0.1) is 7.11 Å². The van der Waals surface area contributed by atoms with Crippen LogP contribution in [0.5, 0.6) is 0 Å². The number of carbonyl (C=O) groups excluding carboxylic acids is 3. The van der Waals surface area contributed by atoms with E-state index in [4.69, 9.17) is 0 Å². The molecule has 0 aromatic heterocycles. The lowest BCUT2D eigenvalue weighted by Gasteiger charge is -2.19. The van der Waals surface area contributed by atoms with E-state index in [1.165, 1.54) is 7.11 Å². The third-order valence-corrected chi connectivity index (χ3v) is 2.65. The summed E-state index contributed by atoms with van der Waals surface area (Å²) in [7, 11) is 1.24. The molecule has 0 spiro atoms. The number of hydrogen-bond donors (Lipinski definition) is 1. The van der Waals surface area contributed by atoms with Crippen LogP contribution in [0, 0.1) is 5.92 Å². The van der Waals surface area contributed by atoms with Gasteiger partial charge in [-0.2, -0.15) is 0 Å². The van der Waals surface area contributed by atoms with Crippen molar-refractivity contribution in [1.29, 1.82) is 0 Å². The number of amides is 1. The van der Waals surface area contributed by atoms with E-state index in [9.17, 15) is 14.4 Å². The summed E-state index contributed by atoms with van der Waals surface area (Å²) in [6, 6.07) is 7.35. The molecule has 0 aliphatic rings. The van der Waals surface area contributed by atoms with E-state index in [0.717, 1.165) is 0 Å². The zero-order valence-electron chi connectivity index (χ0n) is 11.2. The number of ketones is 1. The molecule has 1 rings (SSSR count). The maximum Gasteiger partial charge on any atom is 0.328 e. The minimum Gasteiger partial charge on any atom is -0.467 e. The molecule has 5 nitrogen and oxygen atoms in total. The zero-order valence-corrected chi connectivity index (χ0v) is 11.2. The van der Waals surface area contributed by atoms with Gasteiger partial charge in [0.2, 0.25) is 5.78 Å². The van der Waals surface area contributed by atoms with Gasteiger partial charge in [0.1, 0.15) is 6.04 Å². The van der Waals surface area contributed by atoms with Gasteiger partial charge in [0, 0.05) is 5.56 Å². The predicted octanol–water partition coefficient (Wildman–Crippen LogP) is 1.18. The largest absolute Gasteiger partial charge is 0.467 e. The van der Waals surface area contributed by atoms with E-state index >= 15 is 0 Å². The Hall–Kier alpha value is -2.17. The summed E-state index contributed by atoms with van der Waals surface area (Å²) < 4.78 is 4.60. The standard InChI is InChI=1S/C14H17NO4/c1-9(2)11(14(18)19-3)15-13(17)12(16)10-7-5-4-6-8-10/h4-9,11H,1-3H3,(H,15,17)/t11-/m0/s1. The fraction of sp³-hybridized carbons (Fsp3) is 0.357. The molecule has 102 valence electrons. The van der Waals surface area contributed by atoms with E-state index in [0.29, 0.717) is 0 Å². The molecule has 0 bridgehead atoms.